The van der Waals surface area contributed by atoms with E-state index in [4.69, 9.17) is 4.74 Å². The van der Waals surface area contributed by atoms with Gasteiger partial charge in [0.2, 0.25) is 17.8 Å². The largest absolute Gasteiger partial charge is 0.598 e. The van der Waals surface area contributed by atoms with Crippen LogP contribution >= 0.6 is 0 Å². The van der Waals surface area contributed by atoms with Crippen LogP contribution in [0, 0.1) is 0 Å². The summed E-state index contributed by atoms with van der Waals surface area (Å²) >= 11 is 0. The topological polar surface area (TPSA) is 144 Å². The fraction of sp³-hybridized carbons (Fsp3) is 0.474. The number of amides is 1. The number of carbonyl (C=O) groups is 1. The fourth-order valence-corrected chi connectivity index (χ4v) is 4.50. The maximum Gasteiger partial charge on any atom is 0.422 e. The van der Waals surface area contributed by atoms with Gasteiger partial charge in [-0.1, -0.05) is 10.3 Å². The van der Waals surface area contributed by atoms with Crippen LogP contribution in [-0.4, -0.2) is 67.9 Å². The minimum atomic E-state index is -4.58. The molecule has 4 rings (SSSR count). The molecule has 1 saturated heterocycles. The summed E-state index contributed by atoms with van der Waals surface area (Å²) in [6.45, 7) is -0.983. The van der Waals surface area contributed by atoms with Crippen LogP contribution in [0.2, 0.25) is 0 Å². The molecule has 0 radical (unpaired) electrons. The molecule has 0 aliphatic carbocycles. The second kappa shape index (κ2) is 9.31. The van der Waals surface area contributed by atoms with Gasteiger partial charge in [-0.2, -0.15) is 28.1 Å². The second-order valence-corrected chi connectivity index (χ2v) is 9.95. The predicted octanol–water partition coefficient (Wildman–Crippen LogP) is 2.10. The highest BCUT2D eigenvalue weighted by Gasteiger charge is 2.30. The van der Waals surface area contributed by atoms with E-state index in [0.29, 0.717) is 37.3 Å². The summed E-state index contributed by atoms with van der Waals surface area (Å²) in [6.07, 6.45) is -2.25. The molecule has 1 atom stereocenters. The smallest absolute Gasteiger partial charge is 0.422 e. The Hall–Kier alpha value is -3.04. The van der Waals surface area contributed by atoms with E-state index >= 15 is 0 Å². The zero-order valence-electron chi connectivity index (χ0n) is 18.0. The van der Waals surface area contributed by atoms with Crippen LogP contribution in [0.4, 0.5) is 36.4 Å². The maximum absolute atomic E-state index is 12.6. The van der Waals surface area contributed by atoms with E-state index in [9.17, 15) is 26.7 Å². The lowest BCUT2D eigenvalue weighted by atomic mass is 10.1. The molecule has 0 spiro atoms. The number of fused-ring (bicyclic) bond motifs is 1. The minimum absolute atomic E-state index is 0.0121. The Morgan fingerprint density at radius 1 is 1.24 bits per heavy atom. The molecule has 2 aliphatic heterocycles. The average molecular weight is 501 g/mol. The van der Waals surface area contributed by atoms with Gasteiger partial charge in [0.25, 0.3) is 0 Å². The van der Waals surface area contributed by atoms with Crippen molar-refractivity contribution in [2.24, 2.45) is 0 Å². The molecule has 1 aromatic heterocycles. The van der Waals surface area contributed by atoms with Crippen molar-refractivity contribution in [1.29, 1.82) is 0 Å². The van der Waals surface area contributed by atoms with E-state index in [0.717, 1.165) is 11.8 Å². The van der Waals surface area contributed by atoms with Gasteiger partial charge in [-0.15, -0.1) is 4.31 Å². The summed E-state index contributed by atoms with van der Waals surface area (Å²) in [5, 5.41) is 8.62. The molecular weight excluding hydrogens is 479 g/mol. The molecule has 2 aliphatic rings. The SMILES string of the molecule is C[S+](=O)([O-])N1CCC(Nc2nc(Nc3ccc4c(c3)NC(=O)C4)nc(OCC(F)(F)F)n2)CC1. The number of aromatic nitrogens is 3. The quantitative estimate of drug-likeness (QED) is 0.486. The van der Waals surface area contributed by atoms with E-state index in [-0.39, 0.29) is 30.3 Å². The summed E-state index contributed by atoms with van der Waals surface area (Å²) in [5.41, 5.74) is 1.94. The zero-order chi connectivity index (χ0) is 24.5. The number of ether oxygens (including phenoxy) is 1. The number of halogens is 3. The van der Waals surface area contributed by atoms with Gasteiger partial charge in [0.05, 0.1) is 6.42 Å². The van der Waals surface area contributed by atoms with Crippen LogP contribution in [-0.2, 0) is 25.8 Å². The highest BCUT2D eigenvalue weighted by atomic mass is 32.3. The number of hydrogen-bond donors (Lipinski definition) is 3. The predicted molar refractivity (Wildman–Crippen MR) is 116 cm³/mol. The first-order valence-corrected chi connectivity index (χ1v) is 12.2. The van der Waals surface area contributed by atoms with E-state index in [1.165, 1.54) is 4.31 Å². The number of rotatable bonds is 7. The monoisotopic (exact) mass is 501 g/mol. The first-order chi connectivity index (χ1) is 15.9. The Morgan fingerprint density at radius 2 is 1.94 bits per heavy atom. The van der Waals surface area contributed by atoms with Crippen molar-refractivity contribution in [3.8, 4) is 6.01 Å². The van der Waals surface area contributed by atoms with Gasteiger partial charge in [0.15, 0.2) is 6.61 Å². The van der Waals surface area contributed by atoms with Gasteiger partial charge in [-0.25, -0.2) is 0 Å². The van der Waals surface area contributed by atoms with Crippen molar-refractivity contribution >= 4 is 39.6 Å². The number of hydrogen-bond acceptors (Lipinski definition) is 9. The highest BCUT2D eigenvalue weighted by molar-refractivity contribution is 7.94. The van der Waals surface area contributed by atoms with Crippen molar-refractivity contribution in [2.75, 3.05) is 41.9 Å². The molecule has 0 saturated carbocycles. The van der Waals surface area contributed by atoms with Crippen LogP contribution in [0.5, 0.6) is 6.01 Å². The van der Waals surface area contributed by atoms with Crippen LogP contribution in [0.1, 0.15) is 18.4 Å². The zero-order valence-corrected chi connectivity index (χ0v) is 18.8. The molecule has 1 fully saturated rings. The molecule has 34 heavy (non-hydrogen) atoms. The first kappa shape index (κ1) is 24.1. The number of benzene rings is 1. The Labute approximate surface area is 193 Å². The number of anilines is 4. The van der Waals surface area contributed by atoms with Crippen molar-refractivity contribution in [1.82, 2.24) is 19.3 Å². The first-order valence-electron chi connectivity index (χ1n) is 10.3. The van der Waals surface area contributed by atoms with E-state index < -0.39 is 29.2 Å². The Morgan fingerprint density at radius 3 is 2.62 bits per heavy atom. The molecule has 1 aromatic carbocycles. The van der Waals surface area contributed by atoms with Crippen molar-refractivity contribution in [3.63, 3.8) is 0 Å². The minimum Gasteiger partial charge on any atom is -0.598 e. The van der Waals surface area contributed by atoms with E-state index in [1.807, 2.05) is 0 Å². The van der Waals surface area contributed by atoms with E-state index in [1.54, 1.807) is 18.2 Å². The number of sulfonamides is 1. The van der Waals surface area contributed by atoms with Gasteiger partial charge in [0, 0.05) is 30.5 Å². The second-order valence-electron chi connectivity index (χ2n) is 7.97. The molecule has 1 unspecified atom stereocenters. The van der Waals surface area contributed by atoms with Crippen LogP contribution in [0.3, 0.4) is 0 Å². The molecule has 184 valence electrons. The fourth-order valence-electron chi connectivity index (χ4n) is 3.62. The molecule has 0 bridgehead atoms. The van der Waals surface area contributed by atoms with Crippen LogP contribution in [0.15, 0.2) is 18.2 Å². The Bertz CT molecular complexity index is 1120. The summed E-state index contributed by atoms with van der Waals surface area (Å²) in [7, 11) is -3.30. The molecule has 2 aromatic rings. The van der Waals surface area contributed by atoms with Crippen molar-refractivity contribution in [2.45, 2.75) is 31.5 Å². The van der Waals surface area contributed by atoms with Gasteiger partial charge in [-0.05, 0) is 30.5 Å². The number of alkyl halides is 3. The van der Waals surface area contributed by atoms with E-state index in [2.05, 4.69) is 30.9 Å². The molecule has 1 amide bonds. The average Bonchev–Trinajstić information content (AvgIpc) is 3.11. The lowest BCUT2D eigenvalue weighted by Crippen LogP contribution is -2.44. The molecule has 3 heterocycles. The van der Waals surface area contributed by atoms with Gasteiger partial charge in [0.1, 0.15) is 16.7 Å². The summed E-state index contributed by atoms with van der Waals surface area (Å²) in [4.78, 5) is 23.6. The summed E-state index contributed by atoms with van der Waals surface area (Å²) in [5.74, 6) is -0.210. The number of nitrogens with zero attached hydrogens (tertiary/aromatic N) is 4. The number of piperidine rings is 1. The van der Waals surface area contributed by atoms with Crippen molar-refractivity contribution < 1.29 is 31.5 Å². The lowest BCUT2D eigenvalue weighted by molar-refractivity contribution is -0.154. The van der Waals surface area contributed by atoms with Gasteiger partial charge < -0.3 is 25.2 Å². The Kier molecular flexibility index (Phi) is 6.60. The van der Waals surface area contributed by atoms with Crippen molar-refractivity contribution in [3.05, 3.63) is 23.8 Å². The van der Waals surface area contributed by atoms with Gasteiger partial charge in [-0.3, -0.25) is 4.79 Å². The lowest BCUT2D eigenvalue weighted by Gasteiger charge is -2.32. The Balaban J connectivity index is 1.51. The molecule has 3 N–H and O–H groups in total. The van der Waals surface area contributed by atoms with Crippen LogP contribution in [0.25, 0.3) is 0 Å². The molecular formula is C19H22F3N7O4S. The standard InChI is InChI=1S/C19H22F3N7O4S/c1-34(31,32)29-6-4-12(5-7-29)23-16-26-17(28-18(27-16)33-10-19(20,21)22)24-13-3-2-11-8-15(30)25-14(11)9-13/h2-3,9,12H,4-8,10H2,1H3,(H3-,23,24,25,26,27,28,30,31,32). The van der Waals surface area contributed by atoms with Crippen LogP contribution < -0.4 is 20.7 Å². The maximum atomic E-state index is 12.6. The third-order valence-corrected chi connectivity index (χ3v) is 6.53. The number of nitrogens with one attached hydrogen (secondary N) is 3. The van der Waals surface area contributed by atoms with Gasteiger partial charge >= 0.3 is 12.2 Å². The summed E-state index contributed by atoms with van der Waals surface area (Å²) < 4.78 is 67.4. The molecule has 15 heteroatoms. The third kappa shape index (κ3) is 6.30. The highest BCUT2D eigenvalue weighted by Crippen LogP contribution is 2.28. The normalized spacial score (nSPS) is 18.7. The third-order valence-electron chi connectivity index (χ3n) is 5.23. The number of carbonyl (C=O) groups excluding carboxylic acids is 1. The molecule has 11 nitrogen and oxygen atoms in total. The summed E-state index contributed by atoms with van der Waals surface area (Å²) in [6, 6.07) is 4.37.